The van der Waals surface area contributed by atoms with Gasteiger partial charge >= 0.3 is 11.9 Å². The van der Waals surface area contributed by atoms with E-state index < -0.39 is 11.9 Å². The summed E-state index contributed by atoms with van der Waals surface area (Å²) in [6.07, 6.45) is 0. The maximum atomic E-state index is 13.3. The molecule has 1 heterocycles. The summed E-state index contributed by atoms with van der Waals surface area (Å²) < 4.78 is 13.3. The topological polar surface area (TPSA) is 98.1 Å². The molecule has 166 valence electrons. The monoisotopic (exact) mass is 438 g/mol. The largest absolute Gasteiger partial charge is 0.473 e. The minimum atomic E-state index is -1.82. The molecule has 0 atom stereocenters. The Morgan fingerprint density at radius 1 is 0.812 bits per heavy atom. The molecular formula is C24H23FN2O5. The van der Waals surface area contributed by atoms with Crippen LogP contribution in [0, 0.1) is 5.82 Å². The highest BCUT2D eigenvalue weighted by Gasteiger charge is 2.23. The average molecular weight is 438 g/mol. The van der Waals surface area contributed by atoms with E-state index >= 15 is 0 Å². The number of nitrogens with zero attached hydrogens (tertiary/aromatic N) is 2. The van der Waals surface area contributed by atoms with Crippen molar-refractivity contribution >= 4 is 28.6 Å². The first-order valence-corrected chi connectivity index (χ1v) is 10.0. The molecule has 32 heavy (non-hydrogen) atoms. The Hall–Kier alpha value is -3.78. The molecule has 1 amide bonds. The van der Waals surface area contributed by atoms with E-state index in [0.717, 1.165) is 35.0 Å². The highest BCUT2D eigenvalue weighted by Crippen LogP contribution is 2.21. The number of carboxylic acid groups (broad SMARTS) is 2. The number of halogens is 1. The zero-order valence-electron chi connectivity index (χ0n) is 17.3. The summed E-state index contributed by atoms with van der Waals surface area (Å²) in [6, 6.07) is 20.6. The zero-order valence-corrected chi connectivity index (χ0v) is 17.3. The predicted octanol–water partition coefficient (Wildman–Crippen LogP) is 3.09. The lowest BCUT2D eigenvalue weighted by Gasteiger charge is -2.35. The molecular weight excluding hydrogens is 415 g/mol. The van der Waals surface area contributed by atoms with Gasteiger partial charge in [-0.05, 0) is 34.5 Å². The number of carboxylic acids is 2. The molecule has 0 unspecified atom stereocenters. The number of aliphatic carboxylic acids is 2. The van der Waals surface area contributed by atoms with Gasteiger partial charge in [-0.25, -0.2) is 14.0 Å². The van der Waals surface area contributed by atoms with Crippen molar-refractivity contribution in [1.29, 1.82) is 0 Å². The molecule has 0 bridgehead atoms. The van der Waals surface area contributed by atoms with E-state index in [1.165, 1.54) is 6.07 Å². The van der Waals surface area contributed by atoms with E-state index in [1.807, 2.05) is 53.4 Å². The van der Waals surface area contributed by atoms with Gasteiger partial charge in [-0.15, -0.1) is 0 Å². The van der Waals surface area contributed by atoms with E-state index in [0.29, 0.717) is 19.6 Å². The van der Waals surface area contributed by atoms with Crippen molar-refractivity contribution < 1.29 is 29.0 Å². The number of fused-ring (bicyclic) bond motifs is 1. The average Bonchev–Trinajstić information content (AvgIpc) is 2.79. The van der Waals surface area contributed by atoms with Crippen LogP contribution in [0.15, 0.2) is 66.7 Å². The molecule has 0 spiro atoms. The number of carbonyl (C=O) groups excluding carboxylic acids is 1. The SMILES string of the molecule is O=C(O)C(=O)O.O=C(c1cccc2ccccc12)N1CCN(Cc2cccc(F)c2)CC1. The third-order valence-electron chi connectivity index (χ3n) is 5.16. The van der Waals surface area contributed by atoms with Crippen molar-refractivity contribution in [2.24, 2.45) is 0 Å². The fourth-order valence-corrected chi connectivity index (χ4v) is 3.58. The molecule has 0 aliphatic carbocycles. The van der Waals surface area contributed by atoms with Crippen LogP contribution in [0.25, 0.3) is 10.8 Å². The van der Waals surface area contributed by atoms with Crippen LogP contribution in [0.5, 0.6) is 0 Å². The van der Waals surface area contributed by atoms with Crippen molar-refractivity contribution in [2.45, 2.75) is 6.54 Å². The zero-order chi connectivity index (χ0) is 23.1. The summed E-state index contributed by atoms with van der Waals surface area (Å²) in [5, 5.41) is 16.9. The first-order chi connectivity index (χ1) is 15.3. The molecule has 8 heteroatoms. The van der Waals surface area contributed by atoms with Crippen LogP contribution in [0.1, 0.15) is 15.9 Å². The van der Waals surface area contributed by atoms with Crippen LogP contribution >= 0.6 is 0 Å². The maximum absolute atomic E-state index is 13.3. The van der Waals surface area contributed by atoms with Crippen LogP contribution < -0.4 is 0 Å². The summed E-state index contributed by atoms with van der Waals surface area (Å²) >= 11 is 0. The van der Waals surface area contributed by atoms with Crippen molar-refractivity contribution in [2.75, 3.05) is 26.2 Å². The molecule has 0 aromatic heterocycles. The van der Waals surface area contributed by atoms with Gasteiger partial charge in [0.05, 0.1) is 0 Å². The van der Waals surface area contributed by atoms with E-state index in [4.69, 9.17) is 19.8 Å². The number of amides is 1. The van der Waals surface area contributed by atoms with Crippen LogP contribution in [-0.2, 0) is 16.1 Å². The number of rotatable bonds is 3. The Kier molecular flexibility index (Phi) is 7.51. The van der Waals surface area contributed by atoms with Gasteiger partial charge in [0.25, 0.3) is 5.91 Å². The second kappa shape index (κ2) is 10.5. The van der Waals surface area contributed by atoms with E-state index in [1.54, 1.807) is 12.1 Å². The lowest BCUT2D eigenvalue weighted by atomic mass is 10.0. The molecule has 0 radical (unpaired) electrons. The Balaban J connectivity index is 0.000000427. The normalized spacial score (nSPS) is 13.8. The summed E-state index contributed by atoms with van der Waals surface area (Å²) in [7, 11) is 0. The van der Waals surface area contributed by atoms with Gasteiger partial charge in [0.1, 0.15) is 5.82 Å². The smallest absolute Gasteiger partial charge is 0.414 e. The second-order valence-corrected chi connectivity index (χ2v) is 7.34. The van der Waals surface area contributed by atoms with Crippen LogP contribution in [0.3, 0.4) is 0 Å². The molecule has 3 aromatic carbocycles. The molecule has 1 aliphatic rings. The lowest BCUT2D eigenvalue weighted by Crippen LogP contribution is -2.48. The summed E-state index contributed by atoms with van der Waals surface area (Å²) in [5.41, 5.74) is 1.74. The highest BCUT2D eigenvalue weighted by atomic mass is 19.1. The Morgan fingerprint density at radius 2 is 1.44 bits per heavy atom. The van der Waals surface area contributed by atoms with Gasteiger partial charge in [-0.3, -0.25) is 9.69 Å². The number of hydrogen-bond acceptors (Lipinski definition) is 4. The van der Waals surface area contributed by atoms with Gasteiger partial charge in [0.15, 0.2) is 0 Å². The number of hydrogen-bond donors (Lipinski definition) is 2. The quantitative estimate of drug-likeness (QED) is 0.610. The van der Waals surface area contributed by atoms with E-state index in [-0.39, 0.29) is 11.7 Å². The molecule has 7 nitrogen and oxygen atoms in total. The first-order valence-electron chi connectivity index (χ1n) is 10.0. The van der Waals surface area contributed by atoms with E-state index in [2.05, 4.69) is 4.90 Å². The first kappa shape index (κ1) is 22.9. The second-order valence-electron chi connectivity index (χ2n) is 7.34. The van der Waals surface area contributed by atoms with Crippen molar-refractivity contribution in [3.8, 4) is 0 Å². The van der Waals surface area contributed by atoms with Gasteiger partial charge in [-0.1, -0.05) is 48.5 Å². The molecule has 1 saturated heterocycles. The summed E-state index contributed by atoms with van der Waals surface area (Å²) in [6.45, 7) is 3.70. The molecule has 4 rings (SSSR count). The van der Waals surface area contributed by atoms with Crippen molar-refractivity contribution in [3.05, 3.63) is 83.7 Å². The van der Waals surface area contributed by atoms with Crippen LogP contribution in [0.4, 0.5) is 4.39 Å². The van der Waals surface area contributed by atoms with Gasteiger partial charge < -0.3 is 15.1 Å². The molecule has 0 saturated carbocycles. The highest BCUT2D eigenvalue weighted by molar-refractivity contribution is 6.27. The molecule has 1 aliphatic heterocycles. The molecule has 1 fully saturated rings. The standard InChI is InChI=1S/C22H21FN2O.C2H2O4/c23-19-8-3-5-17(15-19)16-24-11-13-25(14-12-24)22(26)21-10-4-7-18-6-1-2-9-20(18)21;3-1(4)2(5)6/h1-10,15H,11-14,16H2;(H,3,4)(H,5,6). The minimum Gasteiger partial charge on any atom is -0.473 e. The number of benzene rings is 3. The van der Waals surface area contributed by atoms with Gasteiger partial charge in [-0.2, -0.15) is 0 Å². The number of piperazine rings is 1. The third-order valence-corrected chi connectivity index (χ3v) is 5.16. The fourth-order valence-electron chi connectivity index (χ4n) is 3.58. The van der Waals surface area contributed by atoms with E-state index in [9.17, 15) is 9.18 Å². The molecule has 2 N–H and O–H groups in total. The van der Waals surface area contributed by atoms with Crippen molar-refractivity contribution in [1.82, 2.24) is 9.80 Å². The fraction of sp³-hybridized carbons (Fsp3) is 0.208. The van der Waals surface area contributed by atoms with Crippen LogP contribution in [0.2, 0.25) is 0 Å². The van der Waals surface area contributed by atoms with Gasteiger partial charge in [0, 0.05) is 38.3 Å². The van der Waals surface area contributed by atoms with Crippen LogP contribution in [-0.4, -0.2) is 64.0 Å². The maximum Gasteiger partial charge on any atom is 0.414 e. The van der Waals surface area contributed by atoms with Crippen molar-refractivity contribution in [3.63, 3.8) is 0 Å². The Bertz CT molecular complexity index is 1110. The summed E-state index contributed by atoms with van der Waals surface area (Å²) in [4.78, 5) is 35.4. The predicted molar refractivity (Wildman–Crippen MR) is 117 cm³/mol. The molecule has 3 aromatic rings. The Labute approximate surface area is 184 Å². The van der Waals surface area contributed by atoms with Gasteiger partial charge in [0.2, 0.25) is 0 Å². The number of carbonyl (C=O) groups is 3. The summed E-state index contributed by atoms with van der Waals surface area (Å²) in [5.74, 6) is -3.76. The third kappa shape index (κ3) is 5.89. The Morgan fingerprint density at radius 3 is 2.09 bits per heavy atom. The lowest BCUT2D eigenvalue weighted by molar-refractivity contribution is -0.159. The minimum absolute atomic E-state index is 0.0900.